The van der Waals surface area contributed by atoms with Crippen molar-refractivity contribution in [3.8, 4) is 50.5 Å². The molecule has 4 heterocycles. The van der Waals surface area contributed by atoms with Crippen LogP contribution >= 0.6 is 11.3 Å². The summed E-state index contributed by atoms with van der Waals surface area (Å²) in [4.78, 5) is 26.2. The van der Waals surface area contributed by atoms with E-state index in [1.54, 1.807) is 12.4 Å². The Kier molecular flexibility index (Phi) is 6.86. The lowest BCUT2D eigenvalue weighted by molar-refractivity contribution is 0.252. The molecule has 10 nitrogen and oxygen atoms in total. The first-order valence-corrected chi connectivity index (χ1v) is 12.5. The predicted molar refractivity (Wildman–Crippen MR) is 141 cm³/mol. The van der Waals surface area contributed by atoms with Gasteiger partial charge in [-0.05, 0) is 25.5 Å². The van der Waals surface area contributed by atoms with Crippen molar-refractivity contribution in [3.63, 3.8) is 0 Å². The minimum Gasteiger partial charge on any atom is -0.465 e. The Bertz CT molecular complexity index is 1550. The number of amides is 2. The fourth-order valence-electron chi connectivity index (χ4n) is 3.83. The van der Waals surface area contributed by atoms with Gasteiger partial charge in [-0.2, -0.15) is 0 Å². The molecule has 0 unspecified atom stereocenters. The molecule has 0 radical (unpaired) electrons. The van der Waals surface area contributed by atoms with Gasteiger partial charge in [0.2, 0.25) is 0 Å². The molecule has 5 aromatic rings. The zero-order valence-electron chi connectivity index (χ0n) is 20.1. The van der Waals surface area contributed by atoms with Gasteiger partial charge in [-0.3, -0.25) is 10.3 Å². The molecule has 0 aliphatic heterocycles. The molecular weight excluding hydrogens is 490 g/mol. The lowest BCUT2D eigenvalue weighted by Gasteiger charge is -2.14. The van der Waals surface area contributed by atoms with Crippen LogP contribution in [0.4, 0.5) is 10.6 Å². The summed E-state index contributed by atoms with van der Waals surface area (Å²) in [7, 11) is 0. The number of urea groups is 1. The molecule has 186 valence electrons. The van der Waals surface area contributed by atoms with Gasteiger partial charge in [-0.1, -0.05) is 42.4 Å². The van der Waals surface area contributed by atoms with Gasteiger partial charge < -0.3 is 14.8 Å². The molecule has 0 spiro atoms. The molecule has 0 bridgehead atoms. The Labute approximate surface area is 216 Å². The van der Waals surface area contributed by atoms with E-state index in [2.05, 4.69) is 30.8 Å². The molecule has 4 aromatic heterocycles. The van der Waals surface area contributed by atoms with Crippen molar-refractivity contribution in [2.45, 2.75) is 20.3 Å². The minimum atomic E-state index is -0.518. The number of nitrogens with one attached hydrogen (secondary N) is 2. The van der Waals surface area contributed by atoms with Crippen molar-refractivity contribution in [1.82, 2.24) is 30.5 Å². The van der Waals surface area contributed by atoms with E-state index in [0.29, 0.717) is 24.3 Å². The molecule has 1 aromatic carbocycles. The fourth-order valence-corrected chi connectivity index (χ4v) is 4.69. The molecule has 0 saturated heterocycles. The van der Waals surface area contributed by atoms with Gasteiger partial charge in [0.15, 0.2) is 0 Å². The third-order valence-corrected chi connectivity index (χ3v) is 6.42. The number of aryl methyl sites for hydroxylation is 1. The predicted octanol–water partition coefficient (Wildman–Crippen LogP) is 5.39. The number of benzene rings is 1. The van der Waals surface area contributed by atoms with Crippen LogP contribution in [0.3, 0.4) is 0 Å². The highest BCUT2D eigenvalue weighted by Gasteiger charge is 2.19. The average Bonchev–Trinajstić information content (AvgIpc) is 3.59. The summed E-state index contributed by atoms with van der Waals surface area (Å²) >= 11 is 1.50. The van der Waals surface area contributed by atoms with E-state index in [0.717, 1.165) is 38.6 Å². The van der Waals surface area contributed by atoms with E-state index in [9.17, 15) is 9.90 Å². The molecule has 2 amide bonds. The first-order valence-electron chi connectivity index (χ1n) is 11.6. The van der Waals surface area contributed by atoms with Gasteiger partial charge in [0, 0.05) is 52.3 Å². The number of carbonyl (C=O) groups excluding carboxylic acids is 1. The summed E-state index contributed by atoms with van der Waals surface area (Å²) in [5.41, 5.74) is 5.63. The van der Waals surface area contributed by atoms with Gasteiger partial charge in [0.25, 0.3) is 5.89 Å². The second-order valence-corrected chi connectivity index (χ2v) is 8.82. The third kappa shape index (κ3) is 5.16. The Balaban J connectivity index is 1.65. The van der Waals surface area contributed by atoms with E-state index in [1.165, 1.54) is 11.3 Å². The highest BCUT2D eigenvalue weighted by Crippen LogP contribution is 2.39. The lowest BCUT2D eigenvalue weighted by Crippen LogP contribution is -2.28. The number of aromatic hydroxyl groups is 1. The monoisotopic (exact) mass is 513 g/mol. The van der Waals surface area contributed by atoms with Crippen molar-refractivity contribution in [3.05, 3.63) is 65.9 Å². The smallest absolute Gasteiger partial charge is 0.412 e. The highest BCUT2D eigenvalue weighted by atomic mass is 32.1. The quantitative estimate of drug-likeness (QED) is 0.263. The van der Waals surface area contributed by atoms with Gasteiger partial charge in [-0.15, -0.1) is 16.4 Å². The van der Waals surface area contributed by atoms with Crippen LogP contribution in [0.2, 0.25) is 0 Å². The van der Waals surface area contributed by atoms with Crippen LogP contribution < -0.4 is 10.6 Å². The van der Waals surface area contributed by atoms with Crippen LogP contribution in [0.5, 0.6) is 6.08 Å². The number of thiazole rings is 1. The summed E-state index contributed by atoms with van der Waals surface area (Å²) in [5.74, 6) is 0.545. The molecule has 0 atom stereocenters. The van der Waals surface area contributed by atoms with E-state index < -0.39 is 6.08 Å². The van der Waals surface area contributed by atoms with Gasteiger partial charge in [0.05, 0.1) is 11.3 Å². The summed E-state index contributed by atoms with van der Waals surface area (Å²) < 4.78 is 5.20. The third-order valence-electron chi connectivity index (χ3n) is 5.54. The topological polar surface area (TPSA) is 139 Å². The van der Waals surface area contributed by atoms with Crippen molar-refractivity contribution < 1.29 is 14.3 Å². The number of rotatable bonds is 7. The van der Waals surface area contributed by atoms with Crippen LogP contribution in [0.1, 0.15) is 19.5 Å². The maximum absolute atomic E-state index is 12.2. The Hall–Kier alpha value is -4.64. The number of hydrogen-bond acceptors (Lipinski definition) is 9. The average molecular weight is 514 g/mol. The first kappa shape index (κ1) is 24.1. The van der Waals surface area contributed by atoms with E-state index in [-0.39, 0.29) is 11.9 Å². The molecule has 3 N–H and O–H groups in total. The number of pyridine rings is 2. The van der Waals surface area contributed by atoms with Crippen molar-refractivity contribution >= 4 is 23.2 Å². The lowest BCUT2D eigenvalue weighted by atomic mass is 9.98. The summed E-state index contributed by atoms with van der Waals surface area (Å²) in [6.45, 7) is 4.35. The van der Waals surface area contributed by atoms with Crippen LogP contribution in [-0.4, -0.2) is 42.8 Å². The Morgan fingerprint density at radius 1 is 1.00 bits per heavy atom. The number of hydrogen-bond donors (Lipinski definition) is 3. The van der Waals surface area contributed by atoms with E-state index in [1.807, 2.05) is 61.7 Å². The molecule has 0 aliphatic rings. The summed E-state index contributed by atoms with van der Waals surface area (Å²) in [5, 5.41) is 25.2. The van der Waals surface area contributed by atoms with E-state index >= 15 is 0 Å². The SMILES string of the molecule is CCNC(=O)Nc1cc(-c2nc(-c3ccccc3)cs2)c(-c2cc(-c3nnc(O)o3)cnc2CC)cn1. The fraction of sp³-hybridized carbons (Fsp3) is 0.154. The first-order chi connectivity index (χ1) is 18.1. The van der Waals surface area contributed by atoms with Crippen molar-refractivity contribution in [2.75, 3.05) is 11.9 Å². The van der Waals surface area contributed by atoms with Gasteiger partial charge >= 0.3 is 12.1 Å². The largest absolute Gasteiger partial charge is 0.465 e. The minimum absolute atomic E-state index is 0.151. The van der Waals surface area contributed by atoms with E-state index in [4.69, 9.17) is 9.40 Å². The standard InChI is InChI=1S/C26H23N7O3S/c1-3-20-17(10-16(12-28-20)23-32-33-26(35)36-23)19-13-29-22(31-25(34)27-4-2)11-18(19)24-30-21(14-37-24)15-8-6-5-7-9-15/h5-14H,3-4H2,1-2H3,(H,33,35)(H2,27,29,31,34). The molecule has 37 heavy (non-hydrogen) atoms. The second-order valence-electron chi connectivity index (χ2n) is 7.97. The zero-order valence-corrected chi connectivity index (χ0v) is 20.9. The van der Waals surface area contributed by atoms with Crippen LogP contribution in [0.25, 0.3) is 44.4 Å². The van der Waals surface area contributed by atoms with Crippen molar-refractivity contribution in [1.29, 1.82) is 0 Å². The maximum atomic E-state index is 12.2. The van der Waals surface area contributed by atoms with Crippen LogP contribution in [0.15, 0.2) is 64.7 Å². The molecule has 0 fully saturated rings. The molecular formula is C26H23N7O3S. The molecule has 0 saturated carbocycles. The number of aromatic nitrogens is 5. The maximum Gasteiger partial charge on any atom is 0.412 e. The zero-order chi connectivity index (χ0) is 25.8. The van der Waals surface area contributed by atoms with Gasteiger partial charge in [0.1, 0.15) is 10.8 Å². The molecule has 11 heteroatoms. The Morgan fingerprint density at radius 2 is 1.84 bits per heavy atom. The van der Waals surface area contributed by atoms with Gasteiger partial charge in [-0.25, -0.2) is 14.8 Å². The summed E-state index contributed by atoms with van der Waals surface area (Å²) in [6, 6.07) is 13.3. The van der Waals surface area contributed by atoms with Crippen LogP contribution in [0, 0.1) is 0 Å². The molecule has 5 rings (SSSR count). The highest BCUT2D eigenvalue weighted by molar-refractivity contribution is 7.13. The molecule has 0 aliphatic carbocycles. The Morgan fingerprint density at radius 3 is 2.57 bits per heavy atom. The number of nitrogens with zero attached hydrogens (tertiary/aromatic N) is 5. The summed E-state index contributed by atoms with van der Waals surface area (Å²) in [6.07, 6.45) is 3.47. The normalized spacial score (nSPS) is 10.9. The second kappa shape index (κ2) is 10.5. The number of carbonyl (C=O) groups is 1. The van der Waals surface area contributed by atoms with Crippen molar-refractivity contribution in [2.24, 2.45) is 0 Å². The number of anilines is 1. The van der Waals surface area contributed by atoms with Crippen LogP contribution in [-0.2, 0) is 6.42 Å².